The van der Waals surface area contributed by atoms with Gasteiger partial charge in [0.05, 0.1) is 12.8 Å². The second kappa shape index (κ2) is 8.00. The molecule has 0 saturated carbocycles. The summed E-state index contributed by atoms with van der Waals surface area (Å²) in [6, 6.07) is 13.6. The molecule has 1 aromatic carbocycles. The maximum atomic E-state index is 12.6. The number of rotatable bonds is 6. The van der Waals surface area contributed by atoms with Crippen molar-refractivity contribution in [3.8, 4) is 0 Å². The van der Waals surface area contributed by atoms with Crippen LogP contribution in [0.25, 0.3) is 0 Å². The molecule has 0 spiro atoms. The van der Waals surface area contributed by atoms with Crippen LogP contribution in [0.5, 0.6) is 0 Å². The number of benzene rings is 1. The van der Waals surface area contributed by atoms with E-state index in [4.69, 9.17) is 20.8 Å². The molecule has 1 N–H and O–H groups in total. The molecule has 5 nitrogen and oxygen atoms in total. The van der Waals surface area contributed by atoms with Crippen molar-refractivity contribution in [1.82, 2.24) is 5.32 Å². The molecule has 1 atom stereocenters. The van der Waals surface area contributed by atoms with Gasteiger partial charge in [0.15, 0.2) is 0 Å². The molecule has 25 heavy (non-hydrogen) atoms. The Labute approximate surface area is 153 Å². The topological polar surface area (TPSA) is 68.5 Å². The number of carbonyl (C=O) groups is 2. The van der Waals surface area contributed by atoms with E-state index in [0.29, 0.717) is 17.1 Å². The number of nitrogens with one attached hydrogen (secondary N) is 1. The maximum absolute atomic E-state index is 12.6. The summed E-state index contributed by atoms with van der Waals surface area (Å²) < 4.78 is 10.4. The first-order valence-electron chi connectivity index (χ1n) is 7.44. The molecule has 2 heterocycles. The van der Waals surface area contributed by atoms with E-state index in [2.05, 4.69) is 5.32 Å². The fourth-order valence-corrected chi connectivity index (χ4v) is 3.07. The molecular weight excluding hydrogens is 362 g/mol. The Morgan fingerprint density at radius 2 is 2.00 bits per heavy atom. The molecule has 0 saturated heterocycles. The van der Waals surface area contributed by atoms with Crippen molar-refractivity contribution < 1.29 is 18.7 Å². The zero-order valence-electron chi connectivity index (χ0n) is 13.0. The van der Waals surface area contributed by atoms with Crippen LogP contribution in [0, 0.1) is 0 Å². The highest BCUT2D eigenvalue weighted by Crippen LogP contribution is 2.27. The average Bonchev–Trinajstić information content (AvgIpc) is 3.31. The molecule has 128 valence electrons. The summed E-state index contributed by atoms with van der Waals surface area (Å²) in [6.07, 6.45) is 0.184. The van der Waals surface area contributed by atoms with Gasteiger partial charge in [-0.2, -0.15) is 0 Å². The Kier molecular flexibility index (Phi) is 5.53. The minimum Gasteiger partial charge on any atom is -0.457 e. The smallest absolute Gasteiger partial charge is 0.375 e. The van der Waals surface area contributed by atoms with Gasteiger partial charge in [-0.15, -0.1) is 11.3 Å². The number of hydrogen-bond acceptors (Lipinski definition) is 5. The Bertz CT molecular complexity index is 846. The van der Waals surface area contributed by atoms with E-state index < -0.39 is 18.0 Å². The van der Waals surface area contributed by atoms with Gasteiger partial charge >= 0.3 is 5.97 Å². The summed E-state index contributed by atoms with van der Waals surface area (Å²) in [6.45, 7) is 0.343. The normalized spacial score (nSPS) is 11.7. The average molecular weight is 376 g/mol. The summed E-state index contributed by atoms with van der Waals surface area (Å²) in [5, 5.41) is 5.03. The third-order valence-corrected chi connectivity index (χ3v) is 4.61. The van der Waals surface area contributed by atoms with Crippen molar-refractivity contribution in [3.63, 3.8) is 0 Å². The maximum Gasteiger partial charge on any atom is 0.375 e. The van der Waals surface area contributed by atoms with Crippen LogP contribution < -0.4 is 5.32 Å². The molecule has 0 aliphatic carbocycles. The van der Waals surface area contributed by atoms with E-state index in [1.54, 1.807) is 30.3 Å². The van der Waals surface area contributed by atoms with Gasteiger partial charge in [-0.3, -0.25) is 4.79 Å². The first kappa shape index (κ1) is 17.3. The highest BCUT2D eigenvalue weighted by Gasteiger charge is 2.28. The van der Waals surface area contributed by atoms with Gasteiger partial charge in [0.2, 0.25) is 11.9 Å². The number of esters is 1. The van der Waals surface area contributed by atoms with Crippen molar-refractivity contribution in [2.45, 2.75) is 12.6 Å². The van der Waals surface area contributed by atoms with Crippen LogP contribution in [0.2, 0.25) is 5.02 Å². The Hall–Kier alpha value is -2.57. The van der Waals surface area contributed by atoms with Crippen LogP contribution >= 0.6 is 22.9 Å². The van der Waals surface area contributed by atoms with E-state index in [0.717, 1.165) is 4.88 Å². The van der Waals surface area contributed by atoms with Gasteiger partial charge in [0, 0.05) is 15.5 Å². The first-order valence-corrected chi connectivity index (χ1v) is 8.70. The van der Waals surface area contributed by atoms with Crippen LogP contribution in [-0.4, -0.2) is 11.9 Å². The van der Waals surface area contributed by atoms with Gasteiger partial charge in [-0.25, -0.2) is 4.79 Å². The van der Waals surface area contributed by atoms with E-state index in [1.807, 2.05) is 17.5 Å². The Morgan fingerprint density at radius 3 is 2.68 bits per heavy atom. The van der Waals surface area contributed by atoms with Crippen molar-refractivity contribution in [2.24, 2.45) is 0 Å². The zero-order valence-corrected chi connectivity index (χ0v) is 14.5. The molecule has 0 fully saturated rings. The number of ether oxygens (including phenoxy) is 1. The lowest BCUT2D eigenvalue weighted by Gasteiger charge is -2.18. The molecule has 1 amide bonds. The van der Waals surface area contributed by atoms with Crippen LogP contribution in [-0.2, 0) is 16.1 Å². The van der Waals surface area contributed by atoms with Crippen LogP contribution in [0.4, 0.5) is 0 Å². The summed E-state index contributed by atoms with van der Waals surface area (Å²) >= 11 is 7.70. The monoisotopic (exact) mass is 375 g/mol. The van der Waals surface area contributed by atoms with E-state index >= 15 is 0 Å². The third-order valence-electron chi connectivity index (χ3n) is 3.39. The highest BCUT2D eigenvalue weighted by molar-refractivity contribution is 7.09. The van der Waals surface area contributed by atoms with Gasteiger partial charge in [0.1, 0.15) is 0 Å². The predicted octanol–water partition coefficient (Wildman–Crippen LogP) is 4.21. The fraction of sp³-hybridized carbons (Fsp3) is 0.111. The van der Waals surface area contributed by atoms with Gasteiger partial charge < -0.3 is 14.5 Å². The molecule has 0 bridgehead atoms. The molecule has 0 radical (unpaired) electrons. The Morgan fingerprint density at radius 1 is 1.16 bits per heavy atom. The first-order chi connectivity index (χ1) is 12.1. The molecule has 0 aliphatic heterocycles. The summed E-state index contributed by atoms with van der Waals surface area (Å²) in [7, 11) is 0. The molecule has 7 heteroatoms. The third kappa shape index (κ3) is 4.29. The summed E-state index contributed by atoms with van der Waals surface area (Å²) in [5.74, 6) is -1.18. The molecule has 0 aliphatic rings. The number of furan rings is 1. The van der Waals surface area contributed by atoms with Crippen LogP contribution in [0.15, 0.2) is 64.6 Å². The number of halogens is 1. The summed E-state index contributed by atoms with van der Waals surface area (Å²) in [4.78, 5) is 25.8. The van der Waals surface area contributed by atoms with Gasteiger partial charge in [0.25, 0.3) is 5.91 Å². The summed E-state index contributed by atoms with van der Waals surface area (Å²) in [5.41, 5.74) is 0.410. The molecule has 3 rings (SSSR count). The van der Waals surface area contributed by atoms with Crippen molar-refractivity contribution in [2.75, 3.05) is 0 Å². The van der Waals surface area contributed by atoms with Crippen LogP contribution in [0.1, 0.15) is 27.1 Å². The molecule has 0 unspecified atom stereocenters. The number of thiophene rings is 1. The quantitative estimate of drug-likeness (QED) is 0.655. The standard InChI is InChI=1S/C18H14ClNO4S/c19-14-7-2-1-6-13(14)16(24-18(22)15-8-3-9-23-15)17(21)20-11-12-5-4-10-25-12/h1-10,16H,11H2,(H,20,21)/t16-/m0/s1. The lowest BCUT2D eigenvalue weighted by molar-refractivity contribution is -0.130. The van der Waals surface area contributed by atoms with E-state index in [-0.39, 0.29) is 5.76 Å². The zero-order chi connectivity index (χ0) is 17.6. The van der Waals surface area contributed by atoms with E-state index in [1.165, 1.54) is 23.7 Å². The molecule has 3 aromatic rings. The lowest BCUT2D eigenvalue weighted by atomic mass is 10.1. The second-order valence-electron chi connectivity index (χ2n) is 5.08. The highest BCUT2D eigenvalue weighted by atomic mass is 35.5. The van der Waals surface area contributed by atoms with Crippen molar-refractivity contribution >= 4 is 34.8 Å². The van der Waals surface area contributed by atoms with E-state index in [9.17, 15) is 9.59 Å². The number of carbonyl (C=O) groups excluding carboxylic acids is 2. The minimum atomic E-state index is -1.17. The minimum absolute atomic E-state index is 0.0168. The largest absolute Gasteiger partial charge is 0.457 e. The van der Waals surface area contributed by atoms with Crippen molar-refractivity contribution in [3.05, 3.63) is 81.4 Å². The molecule has 2 aromatic heterocycles. The van der Waals surface area contributed by atoms with Crippen LogP contribution in [0.3, 0.4) is 0 Å². The van der Waals surface area contributed by atoms with Gasteiger partial charge in [-0.05, 0) is 29.6 Å². The fourth-order valence-electron chi connectivity index (χ4n) is 2.19. The predicted molar refractivity (Wildman–Crippen MR) is 94.5 cm³/mol. The van der Waals surface area contributed by atoms with Gasteiger partial charge in [-0.1, -0.05) is 35.9 Å². The van der Waals surface area contributed by atoms with Crippen molar-refractivity contribution in [1.29, 1.82) is 0 Å². The molecular formula is C18H14ClNO4S. The SMILES string of the molecule is O=C(O[C@H](C(=O)NCc1cccs1)c1ccccc1Cl)c1ccco1. The lowest BCUT2D eigenvalue weighted by Crippen LogP contribution is -2.31. The number of amides is 1. The number of hydrogen-bond donors (Lipinski definition) is 1. The Balaban J connectivity index is 1.79. The second-order valence-corrected chi connectivity index (χ2v) is 6.52.